The number of benzene rings is 2. The number of nitrogens with zero attached hydrogens (tertiary/aromatic N) is 3. The summed E-state index contributed by atoms with van der Waals surface area (Å²) in [5.74, 6) is -0.543. The predicted octanol–water partition coefficient (Wildman–Crippen LogP) is 3.57. The quantitative estimate of drug-likeness (QED) is 0.405. The van der Waals surface area contributed by atoms with E-state index in [0.717, 1.165) is 30.2 Å². The van der Waals surface area contributed by atoms with Crippen molar-refractivity contribution in [2.45, 2.75) is 31.8 Å². The van der Waals surface area contributed by atoms with Crippen LogP contribution in [0, 0.1) is 5.82 Å². The second-order valence-corrected chi connectivity index (χ2v) is 10.6. The van der Waals surface area contributed by atoms with Crippen molar-refractivity contribution in [1.82, 2.24) is 14.5 Å². The first-order valence-electron chi connectivity index (χ1n) is 11.8. The van der Waals surface area contributed by atoms with Gasteiger partial charge in [-0.15, -0.1) is 0 Å². The van der Waals surface area contributed by atoms with E-state index in [0.29, 0.717) is 43.0 Å². The van der Waals surface area contributed by atoms with E-state index in [1.165, 1.54) is 6.07 Å². The van der Waals surface area contributed by atoms with Crippen molar-refractivity contribution in [2.24, 2.45) is 7.05 Å². The maximum Gasteiger partial charge on any atom is 0.274 e. The number of imidazole rings is 1. The Kier molecular flexibility index (Phi) is 8.17. The summed E-state index contributed by atoms with van der Waals surface area (Å²) in [6.07, 6.45) is 6.13. The molecule has 0 radical (unpaired) electrons. The normalized spacial score (nSPS) is 14.6. The van der Waals surface area contributed by atoms with Crippen molar-refractivity contribution in [2.75, 3.05) is 26.1 Å². The third-order valence-corrected chi connectivity index (χ3v) is 6.72. The van der Waals surface area contributed by atoms with Gasteiger partial charge in [0.15, 0.2) is 0 Å². The van der Waals surface area contributed by atoms with Crippen LogP contribution in [0.5, 0.6) is 0 Å². The average Bonchev–Trinajstić information content (AvgIpc) is 3.29. The predicted molar refractivity (Wildman–Crippen MR) is 133 cm³/mol. The van der Waals surface area contributed by atoms with Crippen molar-refractivity contribution < 1.29 is 26.5 Å². The summed E-state index contributed by atoms with van der Waals surface area (Å²) in [6.45, 7) is 1.50. The van der Waals surface area contributed by atoms with Gasteiger partial charge in [-0.1, -0.05) is 30.3 Å². The number of carbonyl (C=O) groups excluding carboxylic acids is 1. The molecule has 0 spiro atoms. The smallest absolute Gasteiger partial charge is 0.274 e. The van der Waals surface area contributed by atoms with Gasteiger partial charge in [-0.2, -0.15) is 8.42 Å². The fraction of sp³-hybridized carbons (Fsp3) is 0.385. The molecule has 1 aromatic heterocycles. The highest BCUT2D eigenvalue weighted by Gasteiger charge is 2.28. The maximum atomic E-state index is 14.9. The molecule has 0 bridgehead atoms. The zero-order valence-corrected chi connectivity index (χ0v) is 21.2. The van der Waals surface area contributed by atoms with E-state index in [9.17, 15) is 17.6 Å². The van der Waals surface area contributed by atoms with Gasteiger partial charge in [0.2, 0.25) is 0 Å². The first kappa shape index (κ1) is 26.0. The maximum absolute atomic E-state index is 14.9. The third kappa shape index (κ3) is 6.77. The summed E-state index contributed by atoms with van der Waals surface area (Å²) in [6, 6.07) is 12.1. The van der Waals surface area contributed by atoms with Gasteiger partial charge in [0.25, 0.3) is 16.0 Å². The van der Waals surface area contributed by atoms with Crippen molar-refractivity contribution >= 4 is 16.0 Å². The summed E-state index contributed by atoms with van der Waals surface area (Å²) in [5.41, 5.74) is 3.08. The van der Waals surface area contributed by atoms with Crippen LogP contribution < -0.4 is 0 Å². The van der Waals surface area contributed by atoms with Crippen LogP contribution in [-0.4, -0.2) is 60.9 Å². The lowest BCUT2D eigenvalue weighted by atomic mass is 9.98. The summed E-state index contributed by atoms with van der Waals surface area (Å²) < 4.78 is 49.4. The molecular formula is C26H30FN3O5S. The third-order valence-electron chi connectivity index (χ3n) is 6.13. The van der Waals surface area contributed by atoms with Crippen molar-refractivity contribution in [3.63, 3.8) is 0 Å². The molecule has 0 aliphatic carbocycles. The summed E-state index contributed by atoms with van der Waals surface area (Å²) in [4.78, 5) is 19.4. The molecule has 3 aromatic rings. The summed E-state index contributed by atoms with van der Waals surface area (Å²) in [7, 11) is -1.71. The Morgan fingerprint density at radius 1 is 1.19 bits per heavy atom. The Morgan fingerprint density at radius 2 is 1.97 bits per heavy atom. The Labute approximate surface area is 210 Å². The van der Waals surface area contributed by atoms with Crippen LogP contribution in [0.15, 0.2) is 55.0 Å². The number of ether oxygens (including phenoxy) is 1. The number of amides is 1. The van der Waals surface area contributed by atoms with E-state index >= 15 is 0 Å². The number of halogens is 1. The fourth-order valence-corrected chi connectivity index (χ4v) is 4.71. The molecule has 0 N–H and O–H groups in total. The van der Waals surface area contributed by atoms with E-state index in [2.05, 4.69) is 4.98 Å². The van der Waals surface area contributed by atoms with E-state index < -0.39 is 10.1 Å². The van der Waals surface area contributed by atoms with Crippen molar-refractivity contribution in [3.05, 3.63) is 77.6 Å². The molecule has 192 valence electrons. The first-order valence-corrected chi connectivity index (χ1v) is 13.6. The molecule has 0 unspecified atom stereocenters. The molecule has 10 heteroatoms. The van der Waals surface area contributed by atoms with Gasteiger partial charge in [0.1, 0.15) is 11.5 Å². The Hall–Kier alpha value is -3.08. The van der Waals surface area contributed by atoms with E-state index in [-0.39, 0.29) is 24.4 Å². The number of rotatable bonds is 9. The molecule has 0 saturated carbocycles. The van der Waals surface area contributed by atoms with Gasteiger partial charge in [-0.05, 0) is 48.1 Å². The molecule has 1 aliphatic heterocycles. The number of aromatic nitrogens is 2. The molecule has 2 aromatic carbocycles. The zero-order valence-electron chi connectivity index (χ0n) is 20.4. The van der Waals surface area contributed by atoms with E-state index in [1.54, 1.807) is 46.3 Å². The standard InChI is InChI=1S/C26H30FN3O5S/c1-29-17-25(28-18-29)26(31)30(22-9-11-34-12-10-22)16-20-6-7-24(27)23(15-20)21-5-3-4-19(14-21)8-13-35-36(2,32)33/h3-7,14-15,17-18,22H,8-13,16H2,1-2H3. The number of hydrogen-bond acceptors (Lipinski definition) is 6. The second-order valence-electron chi connectivity index (χ2n) is 8.99. The Morgan fingerprint density at radius 3 is 2.67 bits per heavy atom. The molecule has 0 atom stereocenters. The van der Waals surface area contributed by atoms with Gasteiger partial charge < -0.3 is 14.2 Å². The van der Waals surface area contributed by atoms with Crippen LogP contribution in [0.2, 0.25) is 0 Å². The van der Waals surface area contributed by atoms with E-state index in [4.69, 9.17) is 8.92 Å². The second kappa shape index (κ2) is 11.3. The summed E-state index contributed by atoms with van der Waals surface area (Å²) >= 11 is 0. The highest BCUT2D eigenvalue weighted by Crippen LogP contribution is 2.27. The molecule has 1 fully saturated rings. The van der Waals surface area contributed by atoms with Gasteiger partial charge in [-0.25, -0.2) is 9.37 Å². The minimum Gasteiger partial charge on any atom is -0.381 e. The topological polar surface area (TPSA) is 90.7 Å². The fourth-order valence-electron chi connectivity index (χ4n) is 4.33. The molecule has 1 aliphatic rings. The minimum absolute atomic E-state index is 0.0000634. The molecule has 2 heterocycles. The molecule has 36 heavy (non-hydrogen) atoms. The Balaban J connectivity index is 1.58. The van der Waals surface area contributed by atoms with Crippen molar-refractivity contribution in [1.29, 1.82) is 0 Å². The SMILES string of the molecule is Cn1cnc(C(=O)N(Cc2ccc(F)c(-c3cccc(CCOS(C)(=O)=O)c3)c2)C2CCOCC2)c1. The van der Waals surface area contributed by atoms with Gasteiger partial charge in [-0.3, -0.25) is 8.98 Å². The van der Waals surface area contributed by atoms with Crippen LogP contribution in [0.25, 0.3) is 11.1 Å². The first-order chi connectivity index (χ1) is 17.2. The molecule has 1 amide bonds. The van der Waals surface area contributed by atoms with Crippen LogP contribution in [0.3, 0.4) is 0 Å². The van der Waals surface area contributed by atoms with Gasteiger partial charge in [0.05, 0.1) is 19.2 Å². The highest BCUT2D eigenvalue weighted by molar-refractivity contribution is 7.85. The van der Waals surface area contributed by atoms with Crippen LogP contribution in [0.1, 0.15) is 34.5 Å². The zero-order chi connectivity index (χ0) is 25.7. The Bertz CT molecular complexity index is 1320. The van der Waals surface area contributed by atoms with Crippen LogP contribution in [-0.2, 0) is 39.1 Å². The lowest BCUT2D eigenvalue weighted by molar-refractivity contribution is 0.0264. The lowest BCUT2D eigenvalue weighted by Crippen LogP contribution is -2.43. The van der Waals surface area contributed by atoms with E-state index in [1.807, 2.05) is 19.2 Å². The molecule has 4 rings (SSSR count). The van der Waals surface area contributed by atoms with Crippen LogP contribution >= 0.6 is 0 Å². The molecule has 8 nitrogen and oxygen atoms in total. The average molecular weight is 516 g/mol. The summed E-state index contributed by atoms with van der Waals surface area (Å²) in [5, 5.41) is 0. The van der Waals surface area contributed by atoms with Crippen molar-refractivity contribution in [3.8, 4) is 11.1 Å². The monoisotopic (exact) mass is 515 g/mol. The lowest BCUT2D eigenvalue weighted by Gasteiger charge is -2.34. The van der Waals surface area contributed by atoms with Gasteiger partial charge >= 0.3 is 0 Å². The van der Waals surface area contributed by atoms with Crippen LogP contribution in [0.4, 0.5) is 4.39 Å². The number of aryl methyl sites for hydroxylation is 1. The molecule has 1 saturated heterocycles. The molecular weight excluding hydrogens is 485 g/mol. The number of carbonyl (C=O) groups is 1. The minimum atomic E-state index is -3.52. The highest BCUT2D eigenvalue weighted by atomic mass is 32.2. The van der Waals surface area contributed by atoms with Gasteiger partial charge in [0, 0.05) is 44.6 Å². The number of hydrogen-bond donors (Lipinski definition) is 0. The largest absolute Gasteiger partial charge is 0.381 e.